The van der Waals surface area contributed by atoms with Crippen LogP contribution in [0.15, 0.2) is 79.0 Å². The number of aryl methyl sites for hydroxylation is 1. The van der Waals surface area contributed by atoms with Gasteiger partial charge in [-0.1, -0.05) is 36.4 Å². The van der Waals surface area contributed by atoms with Gasteiger partial charge in [0.15, 0.2) is 5.65 Å². The van der Waals surface area contributed by atoms with Gasteiger partial charge in [-0.15, -0.1) is 0 Å². The van der Waals surface area contributed by atoms with Gasteiger partial charge in [0.1, 0.15) is 5.75 Å². The summed E-state index contributed by atoms with van der Waals surface area (Å²) in [7, 11) is 1.67. The third-order valence-electron chi connectivity index (χ3n) is 5.21. The number of rotatable bonds is 8. The number of benzene rings is 2. The largest absolute Gasteiger partial charge is 0.497 e. The number of methoxy groups -OCH3 is 1. The number of hydrogen-bond acceptors (Lipinski definition) is 4. The van der Waals surface area contributed by atoms with Gasteiger partial charge in [-0.2, -0.15) is 0 Å². The highest BCUT2D eigenvalue weighted by atomic mass is 16.5. The molecule has 5 nitrogen and oxygen atoms in total. The van der Waals surface area contributed by atoms with Gasteiger partial charge < -0.3 is 10.1 Å². The Hall–Kier alpha value is -3.73. The summed E-state index contributed by atoms with van der Waals surface area (Å²) in [6, 6.07) is 24.1. The zero-order valence-electron chi connectivity index (χ0n) is 17.5. The molecule has 0 aliphatic heterocycles. The van der Waals surface area contributed by atoms with E-state index in [0.717, 1.165) is 52.0 Å². The number of ether oxygens (including phenoxy) is 1. The van der Waals surface area contributed by atoms with E-state index in [9.17, 15) is 4.79 Å². The molecule has 0 radical (unpaired) electrons. The van der Waals surface area contributed by atoms with Crippen LogP contribution >= 0.6 is 0 Å². The van der Waals surface area contributed by atoms with Crippen LogP contribution in [0.1, 0.15) is 24.1 Å². The van der Waals surface area contributed by atoms with Crippen molar-refractivity contribution >= 4 is 16.9 Å². The van der Waals surface area contributed by atoms with E-state index in [4.69, 9.17) is 4.74 Å². The first-order valence-corrected chi connectivity index (χ1v) is 10.4. The summed E-state index contributed by atoms with van der Waals surface area (Å²) in [5.41, 5.74) is 5.01. The third-order valence-corrected chi connectivity index (χ3v) is 5.21. The molecule has 0 aliphatic carbocycles. The Morgan fingerprint density at radius 2 is 1.84 bits per heavy atom. The number of hydrogen-bond donors (Lipinski definition) is 1. The lowest BCUT2D eigenvalue weighted by molar-refractivity contribution is -0.121. The Labute approximate surface area is 182 Å². The van der Waals surface area contributed by atoms with E-state index in [2.05, 4.69) is 33.5 Å². The standard InChI is InChI=1S/C26H25N3O2/c1-31-24-8-2-5-22(17-24)20-12-10-19(11-13-20)18-28-25(30)9-3-7-23-15-14-21-6-4-16-27-26(21)29-23/h2,4-6,8,10-17H,3,7,9,18H2,1H3,(H,28,30). The third kappa shape index (κ3) is 5.45. The Bertz CT molecular complexity index is 1170. The highest BCUT2D eigenvalue weighted by molar-refractivity contribution is 5.76. The summed E-state index contributed by atoms with van der Waals surface area (Å²) in [5, 5.41) is 4.03. The van der Waals surface area contributed by atoms with Crippen molar-refractivity contribution in [1.29, 1.82) is 0 Å². The first-order valence-electron chi connectivity index (χ1n) is 10.4. The molecule has 0 atom stereocenters. The van der Waals surface area contributed by atoms with Crippen LogP contribution in [0.2, 0.25) is 0 Å². The van der Waals surface area contributed by atoms with E-state index in [1.54, 1.807) is 13.3 Å². The average molecular weight is 412 g/mol. The first-order chi connectivity index (χ1) is 15.2. The molecule has 0 saturated carbocycles. The average Bonchev–Trinajstić information content (AvgIpc) is 2.83. The molecule has 0 fully saturated rings. The highest BCUT2D eigenvalue weighted by Crippen LogP contribution is 2.24. The van der Waals surface area contributed by atoms with E-state index in [0.29, 0.717) is 13.0 Å². The van der Waals surface area contributed by atoms with Gasteiger partial charge in [-0.25, -0.2) is 9.97 Å². The number of pyridine rings is 2. The van der Waals surface area contributed by atoms with Crippen molar-refractivity contribution in [3.63, 3.8) is 0 Å². The Balaban J connectivity index is 1.24. The van der Waals surface area contributed by atoms with Crippen LogP contribution in [-0.2, 0) is 17.8 Å². The molecular formula is C26H25N3O2. The molecule has 1 N–H and O–H groups in total. The molecule has 156 valence electrons. The van der Waals surface area contributed by atoms with Gasteiger partial charge in [0.05, 0.1) is 7.11 Å². The van der Waals surface area contributed by atoms with Crippen LogP contribution in [0.3, 0.4) is 0 Å². The number of carbonyl (C=O) groups excluding carboxylic acids is 1. The molecule has 31 heavy (non-hydrogen) atoms. The fourth-order valence-electron chi connectivity index (χ4n) is 3.47. The van der Waals surface area contributed by atoms with Gasteiger partial charge in [0, 0.05) is 30.2 Å². The smallest absolute Gasteiger partial charge is 0.220 e. The fourth-order valence-corrected chi connectivity index (χ4v) is 3.47. The molecule has 0 saturated heterocycles. The highest BCUT2D eigenvalue weighted by Gasteiger charge is 2.05. The number of carbonyl (C=O) groups is 1. The van der Waals surface area contributed by atoms with Gasteiger partial charge in [-0.3, -0.25) is 4.79 Å². The summed E-state index contributed by atoms with van der Waals surface area (Å²) >= 11 is 0. The minimum absolute atomic E-state index is 0.0517. The Kier molecular flexibility index (Phi) is 6.53. The van der Waals surface area contributed by atoms with Crippen molar-refractivity contribution in [2.45, 2.75) is 25.8 Å². The molecule has 5 heteroatoms. The van der Waals surface area contributed by atoms with Crippen LogP contribution in [0.25, 0.3) is 22.2 Å². The monoisotopic (exact) mass is 411 g/mol. The molecule has 0 spiro atoms. The van der Waals surface area contributed by atoms with Crippen molar-refractivity contribution in [2.75, 3.05) is 7.11 Å². The number of amides is 1. The Morgan fingerprint density at radius 3 is 2.68 bits per heavy atom. The van der Waals surface area contributed by atoms with E-state index >= 15 is 0 Å². The lowest BCUT2D eigenvalue weighted by Gasteiger charge is -2.08. The predicted molar refractivity (Wildman–Crippen MR) is 123 cm³/mol. The molecule has 4 rings (SSSR count). The molecule has 2 heterocycles. The minimum Gasteiger partial charge on any atom is -0.497 e. The predicted octanol–water partition coefficient (Wildman–Crippen LogP) is 4.94. The minimum atomic E-state index is 0.0517. The van der Waals surface area contributed by atoms with Gasteiger partial charge in [0.25, 0.3) is 0 Å². The van der Waals surface area contributed by atoms with Gasteiger partial charge >= 0.3 is 0 Å². The van der Waals surface area contributed by atoms with Crippen LogP contribution in [0, 0.1) is 0 Å². The zero-order chi connectivity index (χ0) is 21.5. The maximum Gasteiger partial charge on any atom is 0.220 e. The Morgan fingerprint density at radius 1 is 0.968 bits per heavy atom. The van der Waals surface area contributed by atoms with Crippen LogP contribution < -0.4 is 10.1 Å². The van der Waals surface area contributed by atoms with E-state index in [-0.39, 0.29) is 5.91 Å². The van der Waals surface area contributed by atoms with Crippen molar-refractivity contribution in [2.24, 2.45) is 0 Å². The van der Waals surface area contributed by atoms with Crippen molar-refractivity contribution in [3.8, 4) is 16.9 Å². The first kappa shape index (κ1) is 20.5. The summed E-state index contributed by atoms with van der Waals surface area (Å²) in [6.07, 6.45) is 3.74. The molecule has 4 aromatic rings. The van der Waals surface area contributed by atoms with E-state index < -0.39 is 0 Å². The molecule has 0 unspecified atom stereocenters. The molecule has 1 amide bonds. The number of fused-ring (bicyclic) bond motifs is 1. The van der Waals surface area contributed by atoms with Gasteiger partial charge in [0.2, 0.25) is 5.91 Å². The molecule has 0 aliphatic rings. The topological polar surface area (TPSA) is 64.1 Å². The quantitative estimate of drug-likeness (QED) is 0.446. The fraction of sp³-hybridized carbons (Fsp3) is 0.192. The van der Waals surface area contributed by atoms with Crippen molar-refractivity contribution in [1.82, 2.24) is 15.3 Å². The van der Waals surface area contributed by atoms with Crippen molar-refractivity contribution in [3.05, 3.63) is 90.3 Å². The summed E-state index contributed by atoms with van der Waals surface area (Å²) in [5.74, 6) is 0.889. The number of nitrogens with zero attached hydrogens (tertiary/aromatic N) is 2. The second kappa shape index (κ2) is 9.85. The van der Waals surface area contributed by atoms with Crippen LogP contribution in [0.4, 0.5) is 0 Å². The van der Waals surface area contributed by atoms with Gasteiger partial charge in [-0.05, 0) is 65.9 Å². The van der Waals surface area contributed by atoms with Crippen molar-refractivity contribution < 1.29 is 9.53 Å². The lowest BCUT2D eigenvalue weighted by Crippen LogP contribution is -2.22. The summed E-state index contributed by atoms with van der Waals surface area (Å²) < 4.78 is 5.29. The number of aromatic nitrogens is 2. The lowest BCUT2D eigenvalue weighted by atomic mass is 10.0. The van der Waals surface area contributed by atoms with E-state index in [1.165, 1.54) is 0 Å². The SMILES string of the molecule is COc1cccc(-c2ccc(CNC(=O)CCCc3ccc4cccnc4n3)cc2)c1. The van der Waals surface area contributed by atoms with Crippen LogP contribution in [-0.4, -0.2) is 23.0 Å². The molecule has 2 aromatic heterocycles. The van der Waals surface area contributed by atoms with E-state index in [1.807, 2.05) is 54.6 Å². The normalized spacial score (nSPS) is 10.7. The maximum absolute atomic E-state index is 12.2. The summed E-state index contributed by atoms with van der Waals surface area (Å²) in [6.45, 7) is 0.523. The number of nitrogens with one attached hydrogen (secondary N) is 1. The second-order valence-corrected chi connectivity index (χ2v) is 7.41. The van der Waals surface area contributed by atoms with Crippen LogP contribution in [0.5, 0.6) is 5.75 Å². The molecular weight excluding hydrogens is 386 g/mol. The zero-order valence-corrected chi connectivity index (χ0v) is 17.5. The second-order valence-electron chi connectivity index (χ2n) is 7.41. The summed E-state index contributed by atoms with van der Waals surface area (Å²) in [4.78, 5) is 21.1. The molecule has 0 bridgehead atoms. The molecule has 2 aromatic carbocycles. The maximum atomic E-state index is 12.2.